The fourth-order valence-electron chi connectivity index (χ4n) is 4.23. The molecule has 0 bridgehead atoms. The van der Waals surface area contributed by atoms with Crippen LogP contribution in [0.1, 0.15) is 45.3 Å². The van der Waals surface area contributed by atoms with Gasteiger partial charge in [-0.15, -0.1) is 0 Å². The summed E-state index contributed by atoms with van der Waals surface area (Å²) in [6, 6.07) is 3.62. The van der Waals surface area contributed by atoms with Gasteiger partial charge in [0.2, 0.25) is 0 Å². The highest BCUT2D eigenvalue weighted by Crippen LogP contribution is 2.24. The van der Waals surface area contributed by atoms with Crippen molar-refractivity contribution in [2.75, 3.05) is 13.1 Å². The first kappa shape index (κ1) is 21.2. The first-order valence-electron chi connectivity index (χ1n) is 10.3. The van der Waals surface area contributed by atoms with Gasteiger partial charge in [0, 0.05) is 44.1 Å². The van der Waals surface area contributed by atoms with Crippen molar-refractivity contribution in [3.8, 4) is 0 Å². The number of fused-ring (bicyclic) bond motifs is 1. The molecule has 9 heteroatoms. The van der Waals surface area contributed by atoms with Crippen LogP contribution < -0.4 is 5.32 Å². The Hall–Kier alpha value is -3.00. The molecule has 3 aromatic rings. The predicted octanol–water partition coefficient (Wildman–Crippen LogP) is 2.91. The zero-order valence-electron chi connectivity index (χ0n) is 18.0. The van der Waals surface area contributed by atoms with Crippen LogP contribution in [0.15, 0.2) is 24.5 Å². The molecule has 8 nitrogen and oxygen atoms in total. The average Bonchev–Trinajstić information content (AvgIpc) is 3.00. The van der Waals surface area contributed by atoms with E-state index >= 15 is 0 Å². The lowest BCUT2D eigenvalue weighted by molar-refractivity contribution is 0.0633. The predicted molar refractivity (Wildman–Crippen MR) is 118 cm³/mol. The standard InChI is InChI=1S/C22H25ClN6O2/c1-12-9-15(10-17-19(12)25-7-6-24-17)22(31)29-8-5-16(13(2)11-29)26-21(30)18-14(3)27-28(4)20(18)23/h6-7,9-10,13,16H,5,8,11H2,1-4H3,(H,26,30)/t13-,16+/m0/s1. The van der Waals surface area contributed by atoms with Crippen LogP contribution in [0.2, 0.25) is 5.15 Å². The van der Waals surface area contributed by atoms with Gasteiger partial charge in [0.25, 0.3) is 11.8 Å². The Balaban J connectivity index is 1.45. The van der Waals surface area contributed by atoms with Gasteiger partial charge in [0.1, 0.15) is 5.15 Å². The van der Waals surface area contributed by atoms with Crippen molar-refractivity contribution < 1.29 is 9.59 Å². The summed E-state index contributed by atoms with van der Waals surface area (Å²) in [6.45, 7) is 6.86. The SMILES string of the molecule is Cc1nn(C)c(Cl)c1C(=O)N[C@@H]1CCN(C(=O)c2cc(C)c3nccnc3c2)C[C@@H]1C. The van der Waals surface area contributed by atoms with Gasteiger partial charge in [0.05, 0.1) is 22.3 Å². The number of carbonyl (C=O) groups is 2. The molecular weight excluding hydrogens is 416 g/mol. The minimum atomic E-state index is -0.226. The molecule has 31 heavy (non-hydrogen) atoms. The molecule has 0 unspecified atom stereocenters. The minimum absolute atomic E-state index is 0.0292. The van der Waals surface area contributed by atoms with E-state index in [0.717, 1.165) is 11.1 Å². The molecule has 1 fully saturated rings. The smallest absolute Gasteiger partial charge is 0.256 e. The first-order chi connectivity index (χ1) is 14.8. The van der Waals surface area contributed by atoms with E-state index in [2.05, 4.69) is 20.4 Å². The van der Waals surface area contributed by atoms with Crippen LogP contribution in [0.5, 0.6) is 0 Å². The van der Waals surface area contributed by atoms with Gasteiger partial charge >= 0.3 is 0 Å². The summed E-state index contributed by atoms with van der Waals surface area (Å²) < 4.78 is 1.49. The molecule has 1 N–H and O–H groups in total. The summed E-state index contributed by atoms with van der Waals surface area (Å²) in [5, 5.41) is 7.61. The molecule has 162 valence electrons. The quantitative estimate of drug-likeness (QED) is 0.675. The highest BCUT2D eigenvalue weighted by Gasteiger charge is 2.31. The van der Waals surface area contributed by atoms with E-state index in [9.17, 15) is 9.59 Å². The van der Waals surface area contributed by atoms with E-state index in [1.807, 2.05) is 24.8 Å². The number of nitrogens with zero attached hydrogens (tertiary/aromatic N) is 5. The third kappa shape index (κ3) is 3.99. The molecule has 1 aromatic carbocycles. The molecule has 3 heterocycles. The van der Waals surface area contributed by atoms with E-state index in [0.29, 0.717) is 47.0 Å². The summed E-state index contributed by atoms with van der Waals surface area (Å²) in [5.41, 5.74) is 4.05. The van der Waals surface area contributed by atoms with E-state index in [1.54, 1.807) is 32.4 Å². The van der Waals surface area contributed by atoms with Gasteiger partial charge in [-0.2, -0.15) is 5.10 Å². The molecule has 0 aliphatic carbocycles. The second kappa shape index (κ2) is 8.26. The van der Waals surface area contributed by atoms with E-state index in [-0.39, 0.29) is 23.8 Å². The lowest BCUT2D eigenvalue weighted by Crippen LogP contribution is -2.51. The van der Waals surface area contributed by atoms with Crippen molar-refractivity contribution in [2.45, 2.75) is 33.2 Å². The van der Waals surface area contributed by atoms with Crippen LogP contribution in [0.4, 0.5) is 0 Å². The highest BCUT2D eigenvalue weighted by molar-refractivity contribution is 6.33. The van der Waals surface area contributed by atoms with Crippen LogP contribution in [0, 0.1) is 19.8 Å². The normalized spacial score (nSPS) is 18.9. The molecule has 1 aliphatic heterocycles. The molecule has 2 aromatic heterocycles. The number of halogens is 1. The van der Waals surface area contributed by atoms with Gasteiger partial charge in [-0.3, -0.25) is 24.2 Å². The Bertz CT molecular complexity index is 1170. The number of piperidine rings is 1. The van der Waals surface area contributed by atoms with Crippen LogP contribution in [-0.4, -0.2) is 55.6 Å². The fraction of sp³-hybridized carbons (Fsp3) is 0.409. The summed E-state index contributed by atoms with van der Waals surface area (Å²) in [6.07, 6.45) is 3.95. The number of amides is 2. The van der Waals surface area contributed by atoms with Crippen molar-refractivity contribution in [3.05, 3.63) is 52.1 Å². The molecule has 0 spiro atoms. The Kier molecular flexibility index (Phi) is 5.66. The maximum absolute atomic E-state index is 13.1. The van der Waals surface area contributed by atoms with Crippen molar-refractivity contribution in [2.24, 2.45) is 13.0 Å². The van der Waals surface area contributed by atoms with E-state index < -0.39 is 0 Å². The molecule has 0 saturated carbocycles. The third-order valence-corrected chi connectivity index (χ3v) is 6.33. The Morgan fingerprint density at radius 3 is 2.61 bits per heavy atom. The monoisotopic (exact) mass is 440 g/mol. The van der Waals surface area contributed by atoms with Crippen molar-refractivity contribution in [3.63, 3.8) is 0 Å². The minimum Gasteiger partial charge on any atom is -0.349 e. The van der Waals surface area contributed by atoms with Crippen molar-refractivity contribution >= 4 is 34.4 Å². The van der Waals surface area contributed by atoms with Gasteiger partial charge in [-0.25, -0.2) is 0 Å². The molecular formula is C22H25ClN6O2. The maximum Gasteiger partial charge on any atom is 0.256 e. The number of hydrogen-bond acceptors (Lipinski definition) is 5. The summed E-state index contributed by atoms with van der Waals surface area (Å²) in [7, 11) is 1.71. The fourth-order valence-corrected chi connectivity index (χ4v) is 4.49. The third-order valence-electron chi connectivity index (χ3n) is 5.90. The molecule has 0 radical (unpaired) electrons. The topological polar surface area (TPSA) is 93.0 Å². The lowest BCUT2D eigenvalue weighted by Gasteiger charge is -2.37. The molecule has 2 amide bonds. The molecule has 1 saturated heterocycles. The van der Waals surface area contributed by atoms with E-state index in [1.165, 1.54) is 4.68 Å². The number of likely N-dealkylation sites (tertiary alicyclic amines) is 1. The lowest BCUT2D eigenvalue weighted by atomic mass is 9.93. The first-order valence-corrected chi connectivity index (χ1v) is 10.6. The molecule has 4 rings (SSSR count). The van der Waals surface area contributed by atoms with Crippen molar-refractivity contribution in [1.82, 2.24) is 30.0 Å². The number of nitrogens with one attached hydrogen (secondary N) is 1. The Morgan fingerprint density at radius 2 is 1.94 bits per heavy atom. The number of carbonyl (C=O) groups excluding carboxylic acids is 2. The molecule has 2 atom stereocenters. The van der Waals surface area contributed by atoms with Gasteiger partial charge in [0.15, 0.2) is 0 Å². The van der Waals surface area contributed by atoms with Gasteiger partial charge in [-0.05, 0) is 43.9 Å². The number of rotatable bonds is 3. The zero-order valence-corrected chi connectivity index (χ0v) is 18.8. The summed E-state index contributed by atoms with van der Waals surface area (Å²) >= 11 is 6.23. The van der Waals surface area contributed by atoms with Crippen LogP contribution in [0.3, 0.4) is 0 Å². The van der Waals surface area contributed by atoms with Gasteiger partial charge < -0.3 is 10.2 Å². The number of aromatic nitrogens is 4. The number of hydrogen-bond donors (Lipinski definition) is 1. The van der Waals surface area contributed by atoms with Gasteiger partial charge in [-0.1, -0.05) is 18.5 Å². The second-order valence-electron chi connectivity index (χ2n) is 8.19. The summed E-state index contributed by atoms with van der Waals surface area (Å²) in [5.74, 6) is -0.159. The second-order valence-corrected chi connectivity index (χ2v) is 8.55. The largest absolute Gasteiger partial charge is 0.349 e. The van der Waals surface area contributed by atoms with Crippen molar-refractivity contribution in [1.29, 1.82) is 0 Å². The Labute approximate surface area is 185 Å². The van der Waals surface area contributed by atoms with Crippen LogP contribution in [-0.2, 0) is 7.05 Å². The zero-order chi connectivity index (χ0) is 22.3. The van der Waals surface area contributed by atoms with Crippen LogP contribution >= 0.6 is 11.6 Å². The Morgan fingerprint density at radius 1 is 1.19 bits per heavy atom. The molecule has 1 aliphatic rings. The number of aryl methyl sites for hydroxylation is 3. The van der Waals surface area contributed by atoms with Crippen LogP contribution in [0.25, 0.3) is 11.0 Å². The summed E-state index contributed by atoms with van der Waals surface area (Å²) in [4.78, 5) is 36.4. The average molecular weight is 441 g/mol. The highest BCUT2D eigenvalue weighted by atomic mass is 35.5. The van der Waals surface area contributed by atoms with E-state index in [4.69, 9.17) is 11.6 Å². The number of benzene rings is 1. The maximum atomic E-state index is 13.1.